The number of hydrogen-bond donors (Lipinski definition) is 3. The van der Waals surface area contributed by atoms with Crippen LogP contribution in [0.1, 0.15) is 49.0 Å². The minimum absolute atomic E-state index is 0.349. The summed E-state index contributed by atoms with van der Waals surface area (Å²) >= 11 is 0. The Hall–Kier alpha value is -2.18. The maximum absolute atomic E-state index is 10.3. The zero-order valence-corrected chi connectivity index (χ0v) is 15.5. The van der Waals surface area contributed by atoms with E-state index in [1.54, 1.807) is 0 Å². The van der Waals surface area contributed by atoms with Crippen molar-refractivity contribution >= 4 is 11.9 Å². The van der Waals surface area contributed by atoms with Crippen LogP contribution in [-0.2, 0) is 22.4 Å². The van der Waals surface area contributed by atoms with Gasteiger partial charge in [-0.3, -0.25) is 0 Å². The number of rotatable bonds is 8. The number of likely N-dealkylation sites (N-methyl/N-ethyl adjacent to an activating group) is 1. The van der Waals surface area contributed by atoms with E-state index in [9.17, 15) is 14.7 Å². The number of aliphatic carboxylic acids is 2. The summed E-state index contributed by atoms with van der Waals surface area (Å²) in [5.41, 5.74) is 4.01. The molecule has 1 atom stereocenters. The van der Waals surface area contributed by atoms with Crippen molar-refractivity contribution in [1.82, 2.24) is 4.90 Å². The van der Waals surface area contributed by atoms with Gasteiger partial charge in [-0.05, 0) is 56.0 Å². The highest BCUT2D eigenvalue weighted by molar-refractivity contribution is 5.89. The molecule has 3 N–H and O–H groups in total. The lowest BCUT2D eigenvalue weighted by atomic mass is 10.0. The molecular weight excluding hydrogens is 334 g/mol. The van der Waals surface area contributed by atoms with Gasteiger partial charge in [0, 0.05) is 18.7 Å². The van der Waals surface area contributed by atoms with Crippen LogP contribution in [0.2, 0.25) is 0 Å². The number of carboxylic acid groups (broad SMARTS) is 2. The van der Waals surface area contributed by atoms with E-state index in [2.05, 4.69) is 37.1 Å². The van der Waals surface area contributed by atoms with E-state index in [-0.39, 0.29) is 6.10 Å². The zero-order valence-electron chi connectivity index (χ0n) is 15.5. The van der Waals surface area contributed by atoms with Gasteiger partial charge in [0.15, 0.2) is 0 Å². The Morgan fingerprint density at radius 3 is 2.35 bits per heavy atom. The molecule has 1 aliphatic rings. The normalized spacial score (nSPS) is 14.0. The molecule has 2 rings (SSSR count). The molecule has 0 radical (unpaired) electrons. The standard InChI is InChI=1S/C16H25NO.C4H4O4/c1-3-4-10-17(2)12-16(18)15-9-8-13-6-5-7-14(13)11-15;5-3(6)1-2-4(7)8/h8-9,11,16,18H,3-7,10,12H2,1-2H3;1-2H,(H,5,6)(H,7,8)/b;2-1-. The first-order chi connectivity index (χ1) is 12.3. The van der Waals surface area contributed by atoms with Crippen LogP contribution in [0.4, 0.5) is 0 Å². The highest BCUT2D eigenvalue weighted by Gasteiger charge is 2.15. The van der Waals surface area contributed by atoms with Gasteiger partial charge in [0.25, 0.3) is 0 Å². The van der Waals surface area contributed by atoms with Crippen molar-refractivity contribution in [3.05, 3.63) is 47.0 Å². The highest BCUT2D eigenvalue weighted by atomic mass is 16.4. The average molecular weight is 363 g/mol. The van der Waals surface area contributed by atoms with Crippen LogP contribution in [0.5, 0.6) is 0 Å². The Morgan fingerprint density at radius 2 is 1.77 bits per heavy atom. The van der Waals surface area contributed by atoms with Crippen molar-refractivity contribution < 1.29 is 24.9 Å². The monoisotopic (exact) mass is 363 g/mol. The molecule has 1 aromatic carbocycles. The van der Waals surface area contributed by atoms with Gasteiger partial charge >= 0.3 is 11.9 Å². The Morgan fingerprint density at radius 1 is 1.15 bits per heavy atom. The molecule has 0 bridgehead atoms. The molecule has 0 aromatic heterocycles. The molecule has 0 aliphatic heterocycles. The fourth-order valence-corrected chi connectivity index (χ4v) is 2.86. The molecule has 0 fully saturated rings. The van der Waals surface area contributed by atoms with Gasteiger partial charge in [0.05, 0.1) is 6.10 Å². The lowest BCUT2D eigenvalue weighted by Crippen LogP contribution is -2.25. The maximum Gasteiger partial charge on any atom is 0.328 e. The van der Waals surface area contributed by atoms with Gasteiger partial charge in [0.2, 0.25) is 0 Å². The van der Waals surface area contributed by atoms with Crippen LogP contribution in [-0.4, -0.2) is 52.3 Å². The summed E-state index contributed by atoms with van der Waals surface area (Å²) in [4.78, 5) is 21.3. The van der Waals surface area contributed by atoms with Crippen molar-refractivity contribution in [2.75, 3.05) is 20.1 Å². The predicted octanol–water partition coefficient (Wildman–Crippen LogP) is 2.65. The third-order valence-electron chi connectivity index (χ3n) is 4.25. The van der Waals surface area contributed by atoms with Gasteiger partial charge in [0.1, 0.15) is 0 Å². The smallest absolute Gasteiger partial charge is 0.328 e. The van der Waals surface area contributed by atoms with Crippen LogP contribution in [0.3, 0.4) is 0 Å². The molecule has 0 amide bonds. The third kappa shape index (κ3) is 8.27. The van der Waals surface area contributed by atoms with E-state index in [1.165, 1.54) is 43.2 Å². The number of unbranched alkanes of at least 4 members (excludes halogenated alkanes) is 1. The first-order valence-electron chi connectivity index (χ1n) is 8.95. The van der Waals surface area contributed by atoms with Crippen LogP contribution in [0.25, 0.3) is 0 Å². The number of fused-ring (bicyclic) bond motifs is 1. The first-order valence-corrected chi connectivity index (χ1v) is 8.95. The number of nitrogens with zero attached hydrogens (tertiary/aromatic N) is 1. The highest BCUT2D eigenvalue weighted by Crippen LogP contribution is 2.25. The average Bonchev–Trinajstić information content (AvgIpc) is 3.06. The Kier molecular flexibility index (Phi) is 9.62. The van der Waals surface area contributed by atoms with Gasteiger partial charge in [-0.1, -0.05) is 31.5 Å². The molecule has 144 valence electrons. The van der Waals surface area contributed by atoms with Crippen LogP contribution < -0.4 is 0 Å². The second-order valence-corrected chi connectivity index (χ2v) is 6.52. The molecule has 0 spiro atoms. The van der Waals surface area contributed by atoms with Crippen molar-refractivity contribution in [2.45, 2.75) is 45.1 Å². The second kappa shape index (κ2) is 11.4. The molecule has 0 saturated carbocycles. The van der Waals surface area contributed by atoms with Crippen molar-refractivity contribution in [2.24, 2.45) is 0 Å². The molecule has 6 nitrogen and oxygen atoms in total. The lowest BCUT2D eigenvalue weighted by molar-refractivity contribution is -0.134. The third-order valence-corrected chi connectivity index (χ3v) is 4.25. The largest absolute Gasteiger partial charge is 0.478 e. The number of benzene rings is 1. The molecule has 1 aromatic rings. The summed E-state index contributed by atoms with van der Waals surface area (Å²) in [6.07, 6.45) is 6.84. The first kappa shape index (κ1) is 21.9. The molecule has 6 heteroatoms. The van der Waals surface area contributed by atoms with Crippen molar-refractivity contribution in [1.29, 1.82) is 0 Å². The molecule has 26 heavy (non-hydrogen) atoms. The Balaban J connectivity index is 0.000000359. The summed E-state index contributed by atoms with van der Waals surface area (Å²) in [5, 5.41) is 25.9. The second-order valence-electron chi connectivity index (χ2n) is 6.52. The van der Waals surface area contributed by atoms with E-state index in [0.717, 1.165) is 18.7 Å². The Labute approximate surface area is 154 Å². The molecule has 0 saturated heterocycles. The fraction of sp³-hybridized carbons (Fsp3) is 0.500. The van der Waals surface area contributed by atoms with Crippen LogP contribution >= 0.6 is 0 Å². The lowest BCUT2D eigenvalue weighted by Gasteiger charge is -2.21. The quantitative estimate of drug-likeness (QED) is 0.614. The van der Waals surface area contributed by atoms with Gasteiger partial charge in [-0.25, -0.2) is 9.59 Å². The minimum atomic E-state index is -1.26. The summed E-state index contributed by atoms with van der Waals surface area (Å²) in [6.45, 7) is 4.00. The number of carboxylic acids is 2. The summed E-state index contributed by atoms with van der Waals surface area (Å²) in [5.74, 6) is -2.51. The molecule has 1 aliphatic carbocycles. The number of aryl methyl sites for hydroxylation is 2. The predicted molar refractivity (Wildman–Crippen MR) is 100 cm³/mol. The van der Waals surface area contributed by atoms with Gasteiger partial charge in [-0.2, -0.15) is 0 Å². The van der Waals surface area contributed by atoms with Crippen LogP contribution in [0, 0.1) is 0 Å². The van der Waals surface area contributed by atoms with E-state index < -0.39 is 11.9 Å². The maximum atomic E-state index is 10.3. The zero-order chi connectivity index (χ0) is 19.5. The summed E-state index contributed by atoms with van der Waals surface area (Å²) in [7, 11) is 2.09. The molecule has 1 unspecified atom stereocenters. The van der Waals surface area contributed by atoms with Crippen molar-refractivity contribution in [3.63, 3.8) is 0 Å². The van der Waals surface area contributed by atoms with Gasteiger partial charge < -0.3 is 20.2 Å². The van der Waals surface area contributed by atoms with E-state index >= 15 is 0 Å². The number of aliphatic hydroxyl groups is 1. The molecular formula is C20H29NO5. The number of hydrogen-bond acceptors (Lipinski definition) is 4. The van der Waals surface area contributed by atoms with Crippen molar-refractivity contribution in [3.8, 4) is 0 Å². The SMILES string of the molecule is CCCCN(C)CC(O)c1ccc2c(c1)CCC2.O=C(O)/C=C\C(=O)O. The Bertz CT molecular complexity index is 611. The van der Waals surface area contributed by atoms with E-state index in [0.29, 0.717) is 12.2 Å². The van der Waals surface area contributed by atoms with E-state index in [1.807, 2.05) is 0 Å². The summed E-state index contributed by atoms with van der Waals surface area (Å²) in [6, 6.07) is 6.51. The number of aliphatic hydroxyl groups excluding tert-OH is 1. The van der Waals surface area contributed by atoms with Crippen LogP contribution in [0.15, 0.2) is 30.4 Å². The fourth-order valence-electron chi connectivity index (χ4n) is 2.86. The van der Waals surface area contributed by atoms with Gasteiger partial charge in [-0.15, -0.1) is 0 Å². The van der Waals surface area contributed by atoms with E-state index in [4.69, 9.17) is 10.2 Å². The summed E-state index contributed by atoms with van der Waals surface area (Å²) < 4.78 is 0. The minimum Gasteiger partial charge on any atom is -0.478 e. The molecule has 0 heterocycles. The topological polar surface area (TPSA) is 98.1 Å². The number of carbonyl (C=O) groups is 2.